The van der Waals surface area contributed by atoms with Crippen molar-refractivity contribution in [2.75, 3.05) is 6.61 Å². The second-order valence-corrected chi connectivity index (χ2v) is 5.60. The van der Waals surface area contributed by atoms with Crippen molar-refractivity contribution in [1.82, 2.24) is 10.4 Å². The maximum atomic E-state index is 11.8. The van der Waals surface area contributed by atoms with Crippen LogP contribution in [0.25, 0.3) is 10.9 Å². The standard InChI is InChI=1S/C19H19N3O2/c1-13-4-3-5-18(14(13)2)24-12-19(23)22-21-11-15-6-7-16-8-9-20-17(16)10-15/h3-11,20H,12H2,1-2H3,(H,22,23)/b21-11+. The molecule has 2 N–H and O–H groups in total. The summed E-state index contributed by atoms with van der Waals surface area (Å²) < 4.78 is 5.54. The number of hydrogen-bond acceptors (Lipinski definition) is 3. The van der Waals surface area contributed by atoms with Crippen LogP contribution in [-0.2, 0) is 4.79 Å². The van der Waals surface area contributed by atoms with E-state index in [0.717, 1.165) is 27.6 Å². The van der Waals surface area contributed by atoms with E-state index in [-0.39, 0.29) is 12.5 Å². The van der Waals surface area contributed by atoms with Crippen LogP contribution in [0, 0.1) is 13.8 Å². The van der Waals surface area contributed by atoms with E-state index < -0.39 is 0 Å². The molecule has 0 bridgehead atoms. The second-order valence-electron chi connectivity index (χ2n) is 5.60. The smallest absolute Gasteiger partial charge is 0.277 e. The molecule has 0 spiro atoms. The van der Waals surface area contributed by atoms with E-state index in [0.29, 0.717) is 5.75 Å². The Balaban J connectivity index is 1.54. The van der Waals surface area contributed by atoms with Crippen molar-refractivity contribution in [3.63, 3.8) is 0 Å². The molecule has 1 heterocycles. The Morgan fingerprint density at radius 1 is 1.25 bits per heavy atom. The van der Waals surface area contributed by atoms with E-state index in [1.54, 1.807) is 6.21 Å². The van der Waals surface area contributed by atoms with Gasteiger partial charge in [0, 0.05) is 11.7 Å². The first kappa shape index (κ1) is 15.8. The summed E-state index contributed by atoms with van der Waals surface area (Å²) in [5.74, 6) is 0.416. The number of amides is 1. The molecule has 0 radical (unpaired) electrons. The number of hydrogen-bond donors (Lipinski definition) is 2. The van der Waals surface area contributed by atoms with Crippen LogP contribution < -0.4 is 10.2 Å². The predicted octanol–water partition coefficient (Wildman–Crippen LogP) is 3.31. The Hall–Kier alpha value is -3.08. The molecule has 0 fully saturated rings. The van der Waals surface area contributed by atoms with Crippen molar-refractivity contribution in [3.05, 3.63) is 65.4 Å². The fraction of sp³-hybridized carbons (Fsp3) is 0.158. The zero-order valence-electron chi connectivity index (χ0n) is 13.7. The fourth-order valence-corrected chi connectivity index (χ4v) is 2.38. The van der Waals surface area contributed by atoms with Crippen molar-refractivity contribution in [3.8, 4) is 5.75 Å². The first-order valence-electron chi connectivity index (χ1n) is 7.71. The monoisotopic (exact) mass is 321 g/mol. The normalized spacial score (nSPS) is 11.1. The summed E-state index contributed by atoms with van der Waals surface area (Å²) in [4.78, 5) is 15.0. The lowest BCUT2D eigenvalue weighted by Gasteiger charge is -2.09. The van der Waals surface area contributed by atoms with Crippen molar-refractivity contribution in [1.29, 1.82) is 0 Å². The minimum atomic E-state index is -0.298. The molecule has 5 nitrogen and oxygen atoms in total. The highest BCUT2D eigenvalue weighted by atomic mass is 16.5. The molecule has 5 heteroatoms. The number of nitrogens with one attached hydrogen (secondary N) is 2. The number of aryl methyl sites for hydroxylation is 1. The van der Waals surface area contributed by atoms with Gasteiger partial charge in [0.2, 0.25) is 0 Å². The van der Waals surface area contributed by atoms with Crippen LogP contribution in [0.15, 0.2) is 53.8 Å². The Morgan fingerprint density at radius 3 is 3.00 bits per heavy atom. The number of aromatic amines is 1. The molecule has 2 aromatic carbocycles. The average molecular weight is 321 g/mol. The number of ether oxygens (including phenoxy) is 1. The van der Waals surface area contributed by atoms with Crippen LogP contribution in [0.2, 0.25) is 0 Å². The summed E-state index contributed by atoms with van der Waals surface area (Å²) in [6.45, 7) is 3.91. The lowest BCUT2D eigenvalue weighted by molar-refractivity contribution is -0.123. The van der Waals surface area contributed by atoms with Gasteiger partial charge >= 0.3 is 0 Å². The van der Waals surface area contributed by atoms with E-state index in [4.69, 9.17) is 4.74 Å². The summed E-state index contributed by atoms with van der Waals surface area (Å²) in [5, 5.41) is 5.10. The van der Waals surface area contributed by atoms with Gasteiger partial charge < -0.3 is 9.72 Å². The second kappa shape index (κ2) is 7.00. The predicted molar refractivity (Wildman–Crippen MR) is 95.4 cm³/mol. The van der Waals surface area contributed by atoms with E-state index >= 15 is 0 Å². The van der Waals surface area contributed by atoms with E-state index in [2.05, 4.69) is 15.5 Å². The molecule has 122 valence electrons. The third kappa shape index (κ3) is 3.63. The van der Waals surface area contributed by atoms with Gasteiger partial charge in [-0.15, -0.1) is 0 Å². The molecular weight excluding hydrogens is 302 g/mol. The van der Waals surface area contributed by atoms with Gasteiger partial charge in [-0.1, -0.05) is 24.3 Å². The molecule has 1 amide bonds. The number of carbonyl (C=O) groups is 1. The molecule has 3 rings (SSSR count). The number of hydrazone groups is 1. The molecule has 0 atom stereocenters. The molecular formula is C19H19N3O2. The Morgan fingerprint density at radius 2 is 2.12 bits per heavy atom. The van der Waals surface area contributed by atoms with Crippen LogP contribution in [0.1, 0.15) is 16.7 Å². The SMILES string of the molecule is Cc1cccc(OCC(=O)N/N=C/c2ccc3cc[nH]c3c2)c1C. The van der Waals surface area contributed by atoms with Gasteiger partial charge in [-0.05, 0) is 54.1 Å². The summed E-state index contributed by atoms with van der Waals surface area (Å²) >= 11 is 0. The zero-order chi connectivity index (χ0) is 16.9. The molecule has 0 saturated heterocycles. The number of benzene rings is 2. The minimum Gasteiger partial charge on any atom is -0.483 e. The third-order valence-corrected chi connectivity index (χ3v) is 3.90. The van der Waals surface area contributed by atoms with Crippen molar-refractivity contribution < 1.29 is 9.53 Å². The van der Waals surface area contributed by atoms with Crippen LogP contribution >= 0.6 is 0 Å². The van der Waals surface area contributed by atoms with Crippen LogP contribution in [0.4, 0.5) is 0 Å². The highest BCUT2D eigenvalue weighted by Crippen LogP contribution is 2.20. The Bertz CT molecular complexity index is 897. The van der Waals surface area contributed by atoms with Crippen molar-refractivity contribution in [2.45, 2.75) is 13.8 Å². The first-order chi connectivity index (χ1) is 11.6. The summed E-state index contributed by atoms with van der Waals surface area (Å²) in [5.41, 5.74) is 6.57. The number of H-pyrrole nitrogens is 1. The number of fused-ring (bicyclic) bond motifs is 1. The molecule has 0 aliphatic carbocycles. The maximum absolute atomic E-state index is 11.8. The lowest BCUT2D eigenvalue weighted by Crippen LogP contribution is -2.24. The van der Waals surface area contributed by atoms with Crippen LogP contribution in [0.3, 0.4) is 0 Å². The third-order valence-electron chi connectivity index (χ3n) is 3.90. The van der Waals surface area contributed by atoms with Crippen molar-refractivity contribution >= 4 is 23.0 Å². The minimum absolute atomic E-state index is 0.0721. The van der Waals surface area contributed by atoms with E-state index in [1.807, 2.05) is 62.5 Å². The van der Waals surface area contributed by atoms with Gasteiger partial charge in [0.05, 0.1) is 6.21 Å². The largest absolute Gasteiger partial charge is 0.483 e. The molecule has 0 unspecified atom stereocenters. The fourth-order valence-electron chi connectivity index (χ4n) is 2.38. The molecule has 0 aliphatic rings. The van der Waals surface area contributed by atoms with Gasteiger partial charge in [-0.2, -0.15) is 5.10 Å². The van der Waals surface area contributed by atoms with Gasteiger partial charge in [0.15, 0.2) is 6.61 Å². The molecule has 24 heavy (non-hydrogen) atoms. The van der Waals surface area contributed by atoms with Crippen LogP contribution in [0.5, 0.6) is 5.75 Å². The quantitative estimate of drug-likeness (QED) is 0.559. The molecule has 0 aliphatic heterocycles. The van der Waals surface area contributed by atoms with Gasteiger partial charge in [-0.3, -0.25) is 4.79 Å². The molecule has 0 saturated carbocycles. The Labute approximate surface area is 140 Å². The topological polar surface area (TPSA) is 66.5 Å². The number of rotatable bonds is 5. The highest BCUT2D eigenvalue weighted by molar-refractivity contribution is 5.89. The van der Waals surface area contributed by atoms with Gasteiger partial charge in [0.1, 0.15) is 5.75 Å². The lowest BCUT2D eigenvalue weighted by atomic mass is 10.1. The number of carbonyl (C=O) groups excluding carboxylic acids is 1. The van der Waals surface area contributed by atoms with Crippen molar-refractivity contribution in [2.24, 2.45) is 5.10 Å². The van der Waals surface area contributed by atoms with Crippen LogP contribution in [-0.4, -0.2) is 23.7 Å². The summed E-state index contributed by atoms with van der Waals surface area (Å²) in [7, 11) is 0. The number of aromatic nitrogens is 1. The Kier molecular flexibility index (Phi) is 4.61. The number of nitrogens with zero attached hydrogens (tertiary/aromatic N) is 1. The average Bonchev–Trinajstić information content (AvgIpc) is 3.04. The molecule has 3 aromatic rings. The summed E-state index contributed by atoms with van der Waals surface area (Å²) in [6.07, 6.45) is 3.49. The van der Waals surface area contributed by atoms with E-state index in [1.165, 1.54) is 0 Å². The van der Waals surface area contributed by atoms with Gasteiger partial charge in [0.25, 0.3) is 5.91 Å². The zero-order valence-corrected chi connectivity index (χ0v) is 13.7. The van der Waals surface area contributed by atoms with Gasteiger partial charge in [-0.25, -0.2) is 5.43 Å². The van der Waals surface area contributed by atoms with E-state index in [9.17, 15) is 4.79 Å². The molecule has 1 aromatic heterocycles. The highest BCUT2D eigenvalue weighted by Gasteiger charge is 2.05. The first-order valence-corrected chi connectivity index (χ1v) is 7.71. The maximum Gasteiger partial charge on any atom is 0.277 e. The summed E-state index contributed by atoms with van der Waals surface area (Å²) in [6, 6.07) is 13.7.